The van der Waals surface area contributed by atoms with Gasteiger partial charge in [0.05, 0.1) is 6.42 Å². The third-order valence-corrected chi connectivity index (χ3v) is 3.77. The van der Waals surface area contributed by atoms with Crippen molar-refractivity contribution in [1.82, 2.24) is 5.32 Å². The summed E-state index contributed by atoms with van der Waals surface area (Å²) >= 11 is 6.18. The van der Waals surface area contributed by atoms with E-state index < -0.39 is 5.97 Å². The van der Waals surface area contributed by atoms with E-state index in [2.05, 4.69) is 5.32 Å². The van der Waals surface area contributed by atoms with Crippen LogP contribution in [0.25, 0.3) is 0 Å². The summed E-state index contributed by atoms with van der Waals surface area (Å²) in [6.07, 6.45) is 0.0400. The minimum absolute atomic E-state index is 0.0400. The van der Waals surface area contributed by atoms with Gasteiger partial charge in [0.1, 0.15) is 0 Å². The molecule has 110 valence electrons. The number of carbonyl (C=O) groups is 1. The van der Waals surface area contributed by atoms with Gasteiger partial charge in [-0.15, -0.1) is 0 Å². The standard InChI is InChI=1S/C17H18ClNO2/c1-12(15-8-4-5-9-16(15)18)19-11-14-7-3-2-6-13(14)10-17(20)21/h2-9,12,19H,10-11H2,1H3,(H,20,21)/t12-/m0/s1. The highest BCUT2D eigenvalue weighted by molar-refractivity contribution is 6.31. The number of carboxylic acids is 1. The van der Waals surface area contributed by atoms with Crippen molar-refractivity contribution >= 4 is 17.6 Å². The normalized spacial score (nSPS) is 12.1. The Balaban J connectivity index is 2.06. The maximum absolute atomic E-state index is 10.9. The summed E-state index contributed by atoms with van der Waals surface area (Å²) in [5, 5.41) is 13.1. The largest absolute Gasteiger partial charge is 0.481 e. The number of hydrogen-bond acceptors (Lipinski definition) is 2. The topological polar surface area (TPSA) is 49.3 Å². The van der Waals surface area contributed by atoms with Crippen LogP contribution in [0.4, 0.5) is 0 Å². The smallest absolute Gasteiger partial charge is 0.307 e. The molecular weight excluding hydrogens is 286 g/mol. The van der Waals surface area contributed by atoms with E-state index in [-0.39, 0.29) is 12.5 Å². The number of rotatable bonds is 6. The van der Waals surface area contributed by atoms with Crippen LogP contribution in [0.3, 0.4) is 0 Å². The summed E-state index contributed by atoms with van der Waals surface area (Å²) in [6.45, 7) is 2.65. The molecule has 0 spiro atoms. The second-order valence-electron chi connectivity index (χ2n) is 4.96. The van der Waals surface area contributed by atoms with Crippen LogP contribution in [-0.4, -0.2) is 11.1 Å². The number of halogens is 1. The summed E-state index contributed by atoms with van der Waals surface area (Å²) < 4.78 is 0. The van der Waals surface area contributed by atoms with E-state index in [1.807, 2.05) is 55.5 Å². The van der Waals surface area contributed by atoms with Gasteiger partial charge >= 0.3 is 5.97 Å². The van der Waals surface area contributed by atoms with Crippen LogP contribution in [0, 0.1) is 0 Å². The van der Waals surface area contributed by atoms with Crippen molar-refractivity contribution in [2.24, 2.45) is 0 Å². The van der Waals surface area contributed by atoms with E-state index in [4.69, 9.17) is 16.7 Å². The van der Waals surface area contributed by atoms with Crippen LogP contribution >= 0.6 is 11.6 Å². The van der Waals surface area contributed by atoms with Crippen molar-refractivity contribution in [1.29, 1.82) is 0 Å². The number of aliphatic carboxylic acids is 1. The second-order valence-corrected chi connectivity index (χ2v) is 5.37. The summed E-state index contributed by atoms with van der Waals surface area (Å²) in [5.41, 5.74) is 2.87. The molecule has 4 heteroatoms. The van der Waals surface area contributed by atoms with Gasteiger partial charge < -0.3 is 10.4 Å². The molecule has 1 atom stereocenters. The Kier molecular flexibility index (Phi) is 5.37. The molecule has 2 aromatic carbocycles. The highest BCUT2D eigenvalue weighted by atomic mass is 35.5. The molecule has 0 aliphatic rings. The van der Waals surface area contributed by atoms with Crippen molar-refractivity contribution in [3.63, 3.8) is 0 Å². The lowest BCUT2D eigenvalue weighted by Crippen LogP contribution is -2.19. The average Bonchev–Trinajstić information content (AvgIpc) is 2.46. The van der Waals surface area contributed by atoms with Crippen molar-refractivity contribution < 1.29 is 9.90 Å². The highest BCUT2D eigenvalue weighted by Gasteiger charge is 2.10. The Labute approximate surface area is 129 Å². The van der Waals surface area contributed by atoms with Gasteiger partial charge in [-0.1, -0.05) is 54.1 Å². The minimum Gasteiger partial charge on any atom is -0.481 e. The third kappa shape index (κ3) is 4.31. The zero-order valence-corrected chi connectivity index (χ0v) is 12.6. The lowest BCUT2D eigenvalue weighted by atomic mass is 10.0. The number of carboxylic acid groups (broad SMARTS) is 1. The fraction of sp³-hybridized carbons (Fsp3) is 0.235. The number of nitrogens with one attached hydrogen (secondary N) is 1. The molecule has 0 amide bonds. The fourth-order valence-electron chi connectivity index (χ4n) is 2.26. The molecule has 0 unspecified atom stereocenters. The van der Waals surface area contributed by atoms with E-state index in [1.54, 1.807) is 0 Å². The molecule has 2 rings (SSSR count). The van der Waals surface area contributed by atoms with Gasteiger partial charge in [-0.05, 0) is 29.7 Å². The van der Waals surface area contributed by atoms with Gasteiger partial charge in [0.2, 0.25) is 0 Å². The lowest BCUT2D eigenvalue weighted by Gasteiger charge is -2.17. The van der Waals surface area contributed by atoms with Gasteiger partial charge in [-0.3, -0.25) is 4.79 Å². The monoisotopic (exact) mass is 303 g/mol. The van der Waals surface area contributed by atoms with E-state index >= 15 is 0 Å². The molecular formula is C17H18ClNO2. The molecule has 0 saturated heterocycles. The van der Waals surface area contributed by atoms with E-state index in [0.717, 1.165) is 21.7 Å². The first kappa shape index (κ1) is 15.5. The molecule has 0 radical (unpaired) electrons. The van der Waals surface area contributed by atoms with Gasteiger partial charge in [0.25, 0.3) is 0 Å². The van der Waals surface area contributed by atoms with Gasteiger partial charge in [-0.25, -0.2) is 0 Å². The predicted octanol–water partition coefficient (Wildman–Crippen LogP) is 3.82. The molecule has 0 aromatic heterocycles. The molecule has 0 aliphatic heterocycles. The summed E-state index contributed by atoms with van der Waals surface area (Å²) in [6, 6.07) is 15.4. The first-order valence-corrected chi connectivity index (χ1v) is 7.22. The Bertz CT molecular complexity index is 628. The van der Waals surface area contributed by atoms with Crippen molar-refractivity contribution in [3.8, 4) is 0 Å². The molecule has 2 N–H and O–H groups in total. The number of hydrogen-bond donors (Lipinski definition) is 2. The Morgan fingerprint density at radius 3 is 2.43 bits per heavy atom. The third-order valence-electron chi connectivity index (χ3n) is 3.43. The second kappa shape index (κ2) is 7.25. The maximum atomic E-state index is 10.9. The van der Waals surface area contributed by atoms with Crippen LogP contribution in [-0.2, 0) is 17.8 Å². The first-order chi connectivity index (χ1) is 10.1. The Hall–Kier alpha value is -1.84. The average molecular weight is 304 g/mol. The van der Waals surface area contributed by atoms with Crippen LogP contribution in [0.2, 0.25) is 5.02 Å². The number of benzene rings is 2. The quantitative estimate of drug-likeness (QED) is 0.853. The van der Waals surface area contributed by atoms with Crippen molar-refractivity contribution in [3.05, 3.63) is 70.2 Å². The molecule has 0 saturated carbocycles. The van der Waals surface area contributed by atoms with E-state index in [1.165, 1.54) is 0 Å². The van der Waals surface area contributed by atoms with Crippen LogP contribution in [0.1, 0.15) is 29.7 Å². The molecule has 0 bridgehead atoms. The van der Waals surface area contributed by atoms with Crippen molar-refractivity contribution in [2.75, 3.05) is 0 Å². The van der Waals surface area contributed by atoms with Gasteiger partial charge in [0.15, 0.2) is 0 Å². The maximum Gasteiger partial charge on any atom is 0.307 e. The van der Waals surface area contributed by atoms with E-state index in [0.29, 0.717) is 6.54 Å². The van der Waals surface area contributed by atoms with Crippen LogP contribution in [0.5, 0.6) is 0 Å². The van der Waals surface area contributed by atoms with E-state index in [9.17, 15) is 4.79 Å². The molecule has 0 fully saturated rings. The van der Waals surface area contributed by atoms with Crippen LogP contribution in [0.15, 0.2) is 48.5 Å². The van der Waals surface area contributed by atoms with Gasteiger partial charge in [0, 0.05) is 17.6 Å². The molecule has 0 aliphatic carbocycles. The highest BCUT2D eigenvalue weighted by Crippen LogP contribution is 2.22. The molecule has 0 heterocycles. The minimum atomic E-state index is -0.818. The lowest BCUT2D eigenvalue weighted by molar-refractivity contribution is -0.136. The summed E-state index contributed by atoms with van der Waals surface area (Å²) in [5.74, 6) is -0.818. The molecule has 3 nitrogen and oxygen atoms in total. The summed E-state index contributed by atoms with van der Waals surface area (Å²) in [7, 11) is 0. The molecule has 21 heavy (non-hydrogen) atoms. The Morgan fingerprint density at radius 2 is 1.76 bits per heavy atom. The molecule has 2 aromatic rings. The van der Waals surface area contributed by atoms with Crippen molar-refractivity contribution in [2.45, 2.75) is 25.9 Å². The fourth-order valence-corrected chi connectivity index (χ4v) is 2.56. The SMILES string of the molecule is C[C@H](NCc1ccccc1CC(=O)O)c1ccccc1Cl. The van der Waals surface area contributed by atoms with Crippen LogP contribution < -0.4 is 5.32 Å². The zero-order valence-electron chi connectivity index (χ0n) is 11.8. The van der Waals surface area contributed by atoms with Gasteiger partial charge in [-0.2, -0.15) is 0 Å². The zero-order chi connectivity index (χ0) is 15.2. The Morgan fingerprint density at radius 1 is 1.14 bits per heavy atom. The summed E-state index contributed by atoms with van der Waals surface area (Å²) in [4.78, 5) is 10.9. The predicted molar refractivity (Wildman–Crippen MR) is 84.5 cm³/mol. The first-order valence-electron chi connectivity index (χ1n) is 6.84.